The Kier molecular flexibility index (Phi) is 11.4. The first-order valence-corrected chi connectivity index (χ1v) is 10.4. The summed E-state index contributed by atoms with van der Waals surface area (Å²) in [5.74, 6) is 2.24. The quantitative estimate of drug-likeness (QED) is 0.277. The topological polar surface area (TPSA) is 47.9 Å². The summed E-state index contributed by atoms with van der Waals surface area (Å²) in [6, 6.07) is 7.51. The van der Waals surface area contributed by atoms with Gasteiger partial charge in [-0.2, -0.15) is 11.8 Å². The molecular formula is C18H28ClIN4OS. The van der Waals surface area contributed by atoms with Crippen molar-refractivity contribution in [1.29, 1.82) is 0 Å². The molecule has 0 aromatic heterocycles. The van der Waals surface area contributed by atoms with Crippen LogP contribution in [0.3, 0.4) is 0 Å². The van der Waals surface area contributed by atoms with Crippen molar-refractivity contribution in [3.8, 4) is 0 Å². The van der Waals surface area contributed by atoms with Crippen molar-refractivity contribution in [3.05, 3.63) is 34.9 Å². The summed E-state index contributed by atoms with van der Waals surface area (Å²) >= 11 is 7.85. The Morgan fingerprint density at radius 2 is 1.96 bits per heavy atom. The van der Waals surface area contributed by atoms with E-state index in [-0.39, 0.29) is 29.9 Å². The Morgan fingerprint density at radius 3 is 2.58 bits per heavy atom. The highest BCUT2D eigenvalue weighted by atomic mass is 127. The molecule has 8 heteroatoms. The number of hydrogen-bond donors (Lipinski definition) is 1. The molecular weight excluding hydrogens is 483 g/mol. The highest BCUT2D eigenvalue weighted by Crippen LogP contribution is 2.13. The number of rotatable bonds is 6. The van der Waals surface area contributed by atoms with Gasteiger partial charge in [0.25, 0.3) is 0 Å². The molecule has 1 aliphatic heterocycles. The number of nitrogens with one attached hydrogen (secondary N) is 1. The van der Waals surface area contributed by atoms with Crippen molar-refractivity contribution >= 4 is 59.2 Å². The van der Waals surface area contributed by atoms with E-state index < -0.39 is 0 Å². The molecule has 0 spiro atoms. The fraction of sp³-hybridized carbons (Fsp3) is 0.556. The molecule has 0 saturated carbocycles. The Morgan fingerprint density at radius 1 is 1.27 bits per heavy atom. The van der Waals surface area contributed by atoms with Gasteiger partial charge in [0.05, 0.1) is 6.42 Å². The lowest BCUT2D eigenvalue weighted by Gasteiger charge is -2.36. The summed E-state index contributed by atoms with van der Waals surface area (Å²) < 4.78 is 0. The molecule has 1 aliphatic rings. The number of aliphatic imine (C=N–C) groups is 1. The minimum Gasteiger partial charge on any atom is -0.356 e. The first-order chi connectivity index (χ1) is 12.1. The monoisotopic (exact) mass is 510 g/mol. The lowest BCUT2D eigenvalue weighted by Crippen LogP contribution is -2.54. The summed E-state index contributed by atoms with van der Waals surface area (Å²) in [6.45, 7) is 4.00. The van der Waals surface area contributed by atoms with Crippen LogP contribution in [0.1, 0.15) is 12.0 Å². The fourth-order valence-corrected chi connectivity index (χ4v) is 3.50. The van der Waals surface area contributed by atoms with Crippen LogP contribution in [-0.4, -0.2) is 73.4 Å². The van der Waals surface area contributed by atoms with Gasteiger partial charge >= 0.3 is 0 Å². The van der Waals surface area contributed by atoms with Crippen LogP contribution in [0.15, 0.2) is 29.3 Å². The summed E-state index contributed by atoms with van der Waals surface area (Å²) in [4.78, 5) is 21.0. The van der Waals surface area contributed by atoms with Gasteiger partial charge in [-0.25, -0.2) is 0 Å². The largest absolute Gasteiger partial charge is 0.356 e. The van der Waals surface area contributed by atoms with E-state index in [4.69, 9.17) is 11.6 Å². The Hall–Kier alpha value is -0.670. The first-order valence-electron chi connectivity index (χ1n) is 8.61. The zero-order valence-corrected chi connectivity index (χ0v) is 19.3. The molecule has 146 valence electrons. The average molecular weight is 511 g/mol. The van der Waals surface area contributed by atoms with E-state index in [1.165, 1.54) is 0 Å². The van der Waals surface area contributed by atoms with Crippen LogP contribution in [0.25, 0.3) is 0 Å². The van der Waals surface area contributed by atoms with Crippen molar-refractivity contribution in [2.24, 2.45) is 4.99 Å². The fourth-order valence-electron chi connectivity index (χ4n) is 2.85. The van der Waals surface area contributed by atoms with Gasteiger partial charge in [0, 0.05) is 44.8 Å². The normalized spacial score (nSPS) is 14.8. The maximum Gasteiger partial charge on any atom is 0.227 e. The van der Waals surface area contributed by atoms with Crippen LogP contribution in [-0.2, 0) is 11.2 Å². The Labute approximate surface area is 183 Å². The molecule has 2 rings (SSSR count). The van der Waals surface area contributed by atoms with E-state index >= 15 is 0 Å². The lowest BCUT2D eigenvalue weighted by atomic mass is 10.1. The van der Waals surface area contributed by atoms with E-state index in [0.717, 1.165) is 56.4 Å². The van der Waals surface area contributed by atoms with Crippen LogP contribution in [0.2, 0.25) is 5.02 Å². The third-order valence-corrected chi connectivity index (χ3v) is 5.13. The minimum atomic E-state index is 0. The van der Waals surface area contributed by atoms with E-state index in [0.29, 0.717) is 11.4 Å². The first kappa shape index (κ1) is 23.4. The maximum absolute atomic E-state index is 12.5. The maximum atomic E-state index is 12.5. The molecule has 5 nitrogen and oxygen atoms in total. The minimum absolute atomic E-state index is 0. The zero-order chi connectivity index (χ0) is 18.1. The second-order valence-corrected chi connectivity index (χ2v) is 7.42. The van der Waals surface area contributed by atoms with Crippen molar-refractivity contribution in [3.63, 3.8) is 0 Å². The Balaban J connectivity index is 0.00000338. The molecule has 0 unspecified atom stereocenters. The number of hydrogen-bond acceptors (Lipinski definition) is 3. The second kappa shape index (κ2) is 12.7. The molecule has 0 radical (unpaired) electrons. The van der Waals surface area contributed by atoms with Crippen LogP contribution < -0.4 is 5.32 Å². The third-order valence-electron chi connectivity index (χ3n) is 4.20. The molecule has 1 aromatic rings. The van der Waals surface area contributed by atoms with Crippen LogP contribution in [0.5, 0.6) is 0 Å². The van der Waals surface area contributed by atoms with Gasteiger partial charge in [0.1, 0.15) is 0 Å². The molecule has 1 amide bonds. The van der Waals surface area contributed by atoms with Crippen LogP contribution in [0, 0.1) is 0 Å². The van der Waals surface area contributed by atoms with Gasteiger partial charge in [-0.05, 0) is 36.1 Å². The molecule has 0 bridgehead atoms. The zero-order valence-electron chi connectivity index (χ0n) is 15.4. The van der Waals surface area contributed by atoms with Crippen molar-refractivity contribution in [2.45, 2.75) is 12.8 Å². The number of thioether (sulfide) groups is 1. The van der Waals surface area contributed by atoms with Gasteiger partial charge < -0.3 is 15.1 Å². The number of guanidine groups is 1. The third kappa shape index (κ3) is 7.52. The van der Waals surface area contributed by atoms with Crippen LogP contribution >= 0.6 is 47.3 Å². The van der Waals surface area contributed by atoms with Gasteiger partial charge in [0.15, 0.2) is 5.96 Å². The van der Waals surface area contributed by atoms with Gasteiger partial charge in [-0.1, -0.05) is 23.7 Å². The van der Waals surface area contributed by atoms with Gasteiger partial charge in [-0.3, -0.25) is 9.79 Å². The predicted octanol–water partition coefficient (Wildman–Crippen LogP) is 2.97. The van der Waals surface area contributed by atoms with Crippen molar-refractivity contribution < 1.29 is 4.79 Å². The molecule has 1 N–H and O–H groups in total. The van der Waals surface area contributed by atoms with E-state index in [1.807, 2.05) is 48.0 Å². The SMILES string of the molecule is CN=C(NCCCSC)N1CCN(C(=O)Cc2cccc(Cl)c2)CC1.I. The second-order valence-electron chi connectivity index (χ2n) is 5.99. The molecule has 1 saturated heterocycles. The molecule has 0 aliphatic carbocycles. The molecule has 26 heavy (non-hydrogen) atoms. The number of carbonyl (C=O) groups is 1. The predicted molar refractivity (Wildman–Crippen MR) is 123 cm³/mol. The highest BCUT2D eigenvalue weighted by molar-refractivity contribution is 14.0. The number of halogens is 2. The number of amides is 1. The van der Waals surface area contributed by atoms with Crippen LogP contribution in [0.4, 0.5) is 0 Å². The van der Waals surface area contributed by atoms with E-state index in [1.54, 1.807) is 0 Å². The summed E-state index contributed by atoms with van der Waals surface area (Å²) in [7, 11) is 1.81. The smallest absolute Gasteiger partial charge is 0.227 e. The average Bonchev–Trinajstić information content (AvgIpc) is 2.62. The summed E-state index contributed by atoms with van der Waals surface area (Å²) in [5, 5.41) is 4.08. The van der Waals surface area contributed by atoms with E-state index in [9.17, 15) is 4.79 Å². The standard InChI is InChI=1S/C18H27ClN4OS.HI/c1-20-18(21-7-4-12-25-2)23-10-8-22(9-11-23)17(24)14-15-5-3-6-16(19)13-15;/h3,5-6,13H,4,7-12,14H2,1-2H3,(H,20,21);1H. The Bertz CT molecular complexity index is 594. The van der Waals surface area contributed by atoms with Gasteiger partial charge in [0.2, 0.25) is 5.91 Å². The number of carbonyl (C=O) groups excluding carboxylic acids is 1. The van der Waals surface area contributed by atoms with Gasteiger partial charge in [-0.15, -0.1) is 24.0 Å². The number of nitrogens with zero attached hydrogens (tertiary/aromatic N) is 3. The highest BCUT2D eigenvalue weighted by Gasteiger charge is 2.22. The number of piperazine rings is 1. The summed E-state index contributed by atoms with van der Waals surface area (Å²) in [6.07, 6.45) is 3.65. The van der Waals surface area contributed by atoms with Crippen molar-refractivity contribution in [1.82, 2.24) is 15.1 Å². The lowest BCUT2D eigenvalue weighted by molar-refractivity contribution is -0.131. The molecule has 1 aromatic carbocycles. The van der Waals surface area contributed by atoms with Crippen molar-refractivity contribution in [2.75, 3.05) is 51.8 Å². The molecule has 1 heterocycles. The van der Waals surface area contributed by atoms with E-state index in [2.05, 4.69) is 21.5 Å². The number of benzene rings is 1. The molecule has 0 atom stereocenters. The summed E-state index contributed by atoms with van der Waals surface area (Å²) in [5.41, 5.74) is 0.964. The molecule has 1 fully saturated rings.